The van der Waals surface area contributed by atoms with Gasteiger partial charge in [0.25, 0.3) is 0 Å². The molecule has 0 amide bonds. The van der Waals surface area contributed by atoms with Crippen LogP contribution >= 0.6 is 0 Å². The van der Waals surface area contributed by atoms with Crippen LogP contribution in [0.5, 0.6) is 0 Å². The van der Waals surface area contributed by atoms with Crippen LogP contribution in [0.15, 0.2) is 11.0 Å². The fourth-order valence-corrected chi connectivity index (χ4v) is 1.96. The first kappa shape index (κ1) is 9.69. The molecule has 0 N–H and O–H groups in total. The summed E-state index contributed by atoms with van der Waals surface area (Å²) in [5.41, 5.74) is 0. The third kappa shape index (κ3) is 2.14. The van der Waals surface area contributed by atoms with Crippen LogP contribution in [-0.2, 0) is 9.84 Å². The summed E-state index contributed by atoms with van der Waals surface area (Å²) in [5.74, 6) is 0.209. The van der Waals surface area contributed by atoms with Gasteiger partial charge in [-0.1, -0.05) is 19.9 Å². The molecule has 0 aromatic carbocycles. The predicted octanol–water partition coefficient (Wildman–Crippen LogP) is 1.73. The summed E-state index contributed by atoms with van der Waals surface area (Å²) in [7, 11) is -2.90. The molecule has 0 aromatic heterocycles. The zero-order chi connectivity index (χ0) is 8.20. The highest BCUT2D eigenvalue weighted by atomic mass is 32.2. The van der Waals surface area contributed by atoms with Gasteiger partial charge in [-0.05, 0) is 13.3 Å². The van der Waals surface area contributed by atoms with Crippen molar-refractivity contribution < 1.29 is 8.42 Å². The van der Waals surface area contributed by atoms with Crippen LogP contribution in [0, 0.1) is 0 Å². The molecule has 0 aliphatic heterocycles. The number of sulfone groups is 1. The van der Waals surface area contributed by atoms with E-state index in [1.54, 1.807) is 19.9 Å². The number of hydrogen-bond donors (Lipinski definition) is 0. The second-order valence-corrected chi connectivity index (χ2v) is 4.34. The van der Waals surface area contributed by atoms with Crippen molar-refractivity contribution in [2.24, 2.45) is 0 Å². The monoisotopic (exact) mass is 162 g/mol. The Labute approximate surface area is 62.9 Å². The molecular formula is C7H14O2S. The van der Waals surface area contributed by atoms with E-state index in [2.05, 4.69) is 0 Å². The van der Waals surface area contributed by atoms with Gasteiger partial charge in [-0.25, -0.2) is 8.42 Å². The molecule has 0 saturated heterocycles. The van der Waals surface area contributed by atoms with E-state index in [0.717, 1.165) is 0 Å². The van der Waals surface area contributed by atoms with Gasteiger partial charge in [0.05, 0.1) is 5.75 Å². The average Bonchev–Trinajstić information content (AvgIpc) is 1.90. The molecule has 0 aliphatic carbocycles. The van der Waals surface area contributed by atoms with E-state index < -0.39 is 9.84 Å². The fourth-order valence-electron chi connectivity index (χ4n) is 0.789. The molecule has 0 aliphatic rings. The van der Waals surface area contributed by atoms with E-state index in [0.29, 0.717) is 11.3 Å². The Morgan fingerprint density at radius 3 is 2.00 bits per heavy atom. The molecule has 0 saturated carbocycles. The van der Waals surface area contributed by atoms with E-state index >= 15 is 0 Å². The molecule has 0 rings (SSSR count). The SMILES string of the molecule is C/C=C(/CC)S(=O)(=O)CC. The minimum atomic E-state index is -2.90. The summed E-state index contributed by atoms with van der Waals surface area (Å²) >= 11 is 0. The molecule has 3 heteroatoms. The van der Waals surface area contributed by atoms with Crippen molar-refractivity contribution in [1.82, 2.24) is 0 Å². The first-order valence-electron chi connectivity index (χ1n) is 3.46. The average molecular weight is 162 g/mol. The normalized spacial score (nSPS) is 13.7. The molecule has 0 unspecified atom stereocenters. The highest BCUT2D eigenvalue weighted by Crippen LogP contribution is 2.10. The van der Waals surface area contributed by atoms with Gasteiger partial charge in [0.1, 0.15) is 0 Å². The molecule has 0 fully saturated rings. The lowest BCUT2D eigenvalue weighted by atomic mass is 10.4. The number of rotatable bonds is 3. The summed E-state index contributed by atoms with van der Waals surface area (Å²) in [5, 5.41) is 0. The topological polar surface area (TPSA) is 34.1 Å². The molecule has 2 nitrogen and oxygen atoms in total. The second kappa shape index (κ2) is 3.76. The molecule has 0 aromatic rings. The molecular weight excluding hydrogens is 148 g/mol. The van der Waals surface area contributed by atoms with Crippen molar-refractivity contribution in [3.05, 3.63) is 11.0 Å². The van der Waals surface area contributed by atoms with E-state index in [1.807, 2.05) is 6.92 Å². The molecule has 0 spiro atoms. The summed E-state index contributed by atoms with van der Waals surface area (Å²) in [6, 6.07) is 0. The van der Waals surface area contributed by atoms with Crippen molar-refractivity contribution >= 4 is 9.84 Å². The lowest BCUT2D eigenvalue weighted by Crippen LogP contribution is -2.05. The Morgan fingerprint density at radius 2 is 1.90 bits per heavy atom. The molecule has 10 heavy (non-hydrogen) atoms. The van der Waals surface area contributed by atoms with Crippen molar-refractivity contribution in [1.29, 1.82) is 0 Å². The lowest BCUT2D eigenvalue weighted by Gasteiger charge is -2.01. The van der Waals surface area contributed by atoms with Gasteiger partial charge in [0.2, 0.25) is 0 Å². The zero-order valence-corrected chi connectivity index (χ0v) is 7.53. The maximum absolute atomic E-state index is 11.1. The molecule has 0 bridgehead atoms. The van der Waals surface area contributed by atoms with Gasteiger partial charge < -0.3 is 0 Å². The van der Waals surface area contributed by atoms with Gasteiger partial charge in [-0.15, -0.1) is 0 Å². The Kier molecular flexibility index (Phi) is 3.64. The Bertz CT molecular complexity index is 212. The van der Waals surface area contributed by atoms with E-state index in [1.165, 1.54) is 0 Å². The first-order chi connectivity index (χ1) is 4.58. The van der Waals surface area contributed by atoms with Crippen molar-refractivity contribution in [3.8, 4) is 0 Å². The standard InChI is InChI=1S/C7H14O2S/c1-4-7(5-2)10(8,9)6-3/h4H,5-6H2,1-3H3/b7-4-. The van der Waals surface area contributed by atoms with Gasteiger partial charge in [0, 0.05) is 4.91 Å². The quantitative estimate of drug-likeness (QED) is 0.633. The minimum absolute atomic E-state index is 0.209. The largest absolute Gasteiger partial charge is 0.224 e. The summed E-state index contributed by atoms with van der Waals surface area (Å²) in [6.45, 7) is 5.27. The van der Waals surface area contributed by atoms with Crippen molar-refractivity contribution in [2.75, 3.05) is 5.75 Å². The van der Waals surface area contributed by atoms with Gasteiger partial charge in [-0.3, -0.25) is 0 Å². The lowest BCUT2D eigenvalue weighted by molar-refractivity contribution is 0.601. The summed E-state index contributed by atoms with van der Waals surface area (Å²) < 4.78 is 22.2. The minimum Gasteiger partial charge on any atom is -0.224 e. The fraction of sp³-hybridized carbons (Fsp3) is 0.714. The van der Waals surface area contributed by atoms with E-state index in [4.69, 9.17) is 0 Å². The summed E-state index contributed by atoms with van der Waals surface area (Å²) in [4.78, 5) is 0.551. The van der Waals surface area contributed by atoms with Crippen LogP contribution in [-0.4, -0.2) is 14.2 Å². The number of hydrogen-bond acceptors (Lipinski definition) is 2. The first-order valence-corrected chi connectivity index (χ1v) is 5.11. The summed E-state index contributed by atoms with van der Waals surface area (Å²) in [6.07, 6.45) is 2.27. The van der Waals surface area contributed by atoms with Crippen molar-refractivity contribution in [2.45, 2.75) is 27.2 Å². The Morgan fingerprint density at radius 1 is 1.40 bits per heavy atom. The van der Waals surface area contributed by atoms with Crippen LogP contribution < -0.4 is 0 Å². The maximum atomic E-state index is 11.1. The van der Waals surface area contributed by atoms with Crippen molar-refractivity contribution in [3.63, 3.8) is 0 Å². The number of allylic oxidation sites excluding steroid dienone is 2. The third-order valence-corrected chi connectivity index (χ3v) is 3.53. The Balaban J connectivity index is 4.63. The van der Waals surface area contributed by atoms with Crippen LogP contribution in [0.3, 0.4) is 0 Å². The van der Waals surface area contributed by atoms with E-state index in [9.17, 15) is 8.42 Å². The third-order valence-electron chi connectivity index (χ3n) is 1.45. The second-order valence-electron chi connectivity index (χ2n) is 2.01. The van der Waals surface area contributed by atoms with Gasteiger partial charge in [0.15, 0.2) is 9.84 Å². The van der Waals surface area contributed by atoms with Gasteiger partial charge >= 0.3 is 0 Å². The Hall–Kier alpha value is -0.310. The highest BCUT2D eigenvalue weighted by Gasteiger charge is 2.10. The zero-order valence-electron chi connectivity index (χ0n) is 6.72. The highest BCUT2D eigenvalue weighted by molar-refractivity contribution is 7.95. The van der Waals surface area contributed by atoms with Crippen LogP contribution in [0.2, 0.25) is 0 Å². The molecule has 60 valence electrons. The van der Waals surface area contributed by atoms with Crippen LogP contribution in [0.1, 0.15) is 27.2 Å². The molecule has 0 atom stereocenters. The smallest absolute Gasteiger partial charge is 0.173 e. The maximum Gasteiger partial charge on any atom is 0.173 e. The van der Waals surface area contributed by atoms with Gasteiger partial charge in [-0.2, -0.15) is 0 Å². The molecule has 0 heterocycles. The van der Waals surface area contributed by atoms with E-state index in [-0.39, 0.29) is 5.75 Å². The molecule has 0 radical (unpaired) electrons. The predicted molar refractivity (Wildman–Crippen MR) is 43.5 cm³/mol. The van der Waals surface area contributed by atoms with Crippen LogP contribution in [0.25, 0.3) is 0 Å². The van der Waals surface area contributed by atoms with Crippen LogP contribution in [0.4, 0.5) is 0 Å².